The summed E-state index contributed by atoms with van der Waals surface area (Å²) in [5.41, 5.74) is 2.47. The van der Waals surface area contributed by atoms with Gasteiger partial charge >= 0.3 is 136 Å². The van der Waals surface area contributed by atoms with E-state index in [-0.39, 0.29) is 0 Å². The first kappa shape index (κ1) is 16.5. The van der Waals surface area contributed by atoms with Crippen molar-refractivity contribution in [1.82, 2.24) is 0 Å². The Bertz CT molecular complexity index is 444. The summed E-state index contributed by atoms with van der Waals surface area (Å²) in [6, 6.07) is 20.7. The minimum atomic E-state index is -2.34. The molecular formula is C18H24O2Sn. The quantitative estimate of drug-likeness (QED) is 0.589. The molecule has 0 unspecified atom stereocenters. The van der Waals surface area contributed by atoms with Gasteiger partial charge < -0.3 is 0 Å². The molecule has 0 atom stereocenters. The van der Waals surface area contributed by atoms with Gasteiger partial charge in [0.15, 0.2) is 0 Å². The Morgan fingerprint density at radius 1 is 0.762 bits per heavy atom. The van der Waals surface area contributed by atoms with Crippen molar-refractivity contribution in [1.29, 1.82) is 0 Å². The molecule has 3 heteroatoms. The zero-order valence-electron chi connectivity index (χ0n) is 12.7. The van der Waals surface area contributed by atoms with Gasteiger partial charge in [-0.2, -0.15) is 0 Å². The SMILES string of the molecule is CCC[CH2][SnH]([O]Cc1ccccc1)[O]Cc1ccccc1. The molecule has 0 spiro atoms. The van der Waals surface area contributed by atoms with Gasteiger partial charge in [0, 0.05) is 0 Å². The van der Waals surface area contributed by atoms with Crippen LogP contribution in [0.4, 0.5) is 0 Å². The van der Waals surface area contributed by atoms with Crippen LogP contribution in [0.1, 0.15) is 30.9 Å². The van der Waals surface area contributed by atoms with E-state index < -0.39 is 20.6 Å². The molecule has 0 amide bonds. The Morgan fingerprint density at radius 3 is 1.67 bits per heavy atom. The van der Waals surface area contributed by atoms with Crippen molar-refractivity contribution in [2.75, 3.05) is 0 Å². The van der Waals surface area contributed by atoms with Crippen molar-refractivity contribution in [2.24, 2.45) is 0 Å². The Kier molecular flexibility index (Phi) is 7.86. The van der Waals surface area contributed by atoms with Crippen LogP contribution in [0.3, 0.4) is 0 Å². The summed E-state index contributed by atoms with van der Waals surface area (Å²) in [6.07, 6.45) is 2.42. The fourth-order valence-corrected chi connectivity index (χ4v) is 7.61. The fraction of sp³-hybridized carbons (Fsp3) is 0.333. The first-order valence-electron chi connectivity index (χ1n) is 7.69. The summed E-state index contributed by atoms with van der Waals surface area (Å²) in [4.78, 5) is 0. The number of hydrogen-bond donors (Lipinski definition) is 0. The first-order valence-corrected chi connectivity index (χ1v) is 12.7. The van der Waals surface area contributed by atoms with Gasteiger partial charge in [-0.1, -0.05) is 0 Å². The summed E-state index contributed by atoms with van der Waals surface area (Å²) < 4.78 is 13.4. The van der Waals surface area contributed by atoms with Crippen molar-refractivity contribution >= 4 is 20.6 Å². The molecule has 0 fully saturated rings. The van der Waals surface area contributed by atoms with Gasteiger partial charge in [-0.3, -0.25) is 0 Å². The number of rotatable bonds is 9. The van der Waals surface area contributed by atoms with Gasteiger partial charge in [0.1, 0.15) is 0 Å². The number of hydrogen-bond acceptors (Lipinski definition) is 2. The van der Waals surface area contributed by atoms with E-state index >= 15 is 0 Å². The van der Waals surface area contributed by atoms with Gasteiger partial charge in [0.2, 0.25) is 0 Å². The second-order valence-electron chi connectivity index (χ2n) is 5.16. The standard InChI is InChI=1S/2C7H7O.C4H9.Sn.H/c2*8-6-7-4-2-1-3-5-7;1-3-4-2;;/h2*1-5H,6H2;1,3-4H2,2H3;;/q2*-1;;+2;. The van der Waals surface area contributed by atoms with Gasteiger partial charge in [-0.15, -0.1) is 0 Å². The molecule has 112 valence electrons. The van der Waals surface area contributed by atoms with Crippen LogP contribution >= 0.6 is 0 Å². The molecular weight excluding hydrogens is 367 g/mol. The third-order valence-electron chi connectivity index (χ3n) is 3.35. The van der Waals surface area contributed by atoms with E-state index in [9.17, 15) is 0 Å². The first-order chi connectivity index (χ1) is 10.4. The molecule has 21 heavy (non-hydrogen) atoms. The van der Waals surface area contributed by atoms with E-state index in [1.165, 1.54) is 24.0 Å². The van der Waals surface area contributed by atoms with Crippen LogP contribution < -0.4 is 0 Å². The Balaban J connectivity index is 1.82. The Hall–Kier alpha value is -0.841. The molecule has 2 aromatic rings. The van der Waals surface area contributed by atoms with Gasteiger partial charge in [-0.05, 0) is 0 Å². The van der Waals surface area contributed by atoms with Crippen LogP contribution in [0.2, 0.25) is 4.44 Å². The van der Waals surface area contributed by atoms with E-state index in [4.69, 9.17) is 6.15 Å². The fourth-order valence-electron chi connectivity index (χ4n) is 2.11. The number of benzene rings is 2. The van der Waals surface area contributed by atoms with Crippen molar-refractivity contribution in [3.8, 4) is 0 Å². The van der Waals surface area contributed by atoms with Crippen molar-refractivity contribution < 1.29 is 6.15 Å². The summed E-state index contributed by atoms with van der Waals surface area (Å²) in [5.74, 6) is 0. The second-order valence-corrected chi connectivity index (χ2v) is 11.2. The molecule has 0 heterocycles. The molecule has 2 aromatic carbocycles. The van der Waals surface area contributed by atoms with Crippen LogP contribution in [0.15, 0.2) is 60.7 Å². The molecule has 0 aliphatic carbocycles. The summed E-state index contributed by atoms with van der Waals surface area (Å²) in [6.45, 7) is 3.61. The third kappa shape index (κ3) is 6.63. The topological polar surface area (TPSA) is 18.5 Å². The summed E-state index contributed by atoms with van der Waals surface area (Å²) >= 11 is -2.34. The third-order valence-corrected chi connectivity index (χ3v) is 8.94. The predicted octanol–water partition coefficient (Wildman–Crippen LogP) is 4.44. The zero-order chi connectivity index (χ0) is 14.8. The molecule has 0 aliphatic heterocycles. The predicted molar refractivity (Wildman–Crippen MR) is 89.3 cm³/mol. The van der Waals surface area contributed by atoms with E-state index in [0.717, 1.165) is 4.44 Å². The monoisotopic (exact) mass is 392 g/mol. The van der Waals surface area contributed by atoms with Crippen molar-refractivity contribution in [3.05, 3.63) is 71.8 Å². The maximum absolute atomic E-state index is 6.14. The Labute approximate surface area is 135 Å². The molecule has 2 nitrogen and oxygen atoms in total. The summed E-state index contributed by atoms with van der Waals surface area (Å²) in [5, 5.41) is 0. The van der Waals surface area contributed by atoms with E-state index in [1.54, 1.807) is 0 Å². The molecule has 0 aliphatic rings. The normalized spacial score (nSPS) is 11.0. The Morgan fingerprint density at radius 2 is 1.24 bits per heavy atom. The average molecular weight is 391 g/mol. The van der Waals surface area contributed by atoms with Crippen LogP contribution in [0.5, 0.6) is 0 Å². The van der Waals surface area contributed by atoms with Crippen molar-refractivity contribution in [2.45, 2.75) is 37.4 Å². The molecule has 0 bridgehead atoms. The van der Waals surface area contributed by atoms with Crippen LogP contribution in [-0.4, -0.2) is 20.6 Å². The molecule has 0 N–H and O–H groups in total. The van der Waals surface area contributed by atoms with Gasteiger partial charge in [0.05, 0.1) is 0 Å². The van der Waals surface area contributed by atoms with Gasteiger partial charge in [-0.25, -0.2) is 0 Å². The molecule has 0 saturated heterocycles. The van der Waals surface area contributed by atoms with E-state index in [1.807, 2.05) is 12.1 Å². The second kappa shape index (κ2) is 9.98. The molecule has 0 radical (unpaired) electrons. The van der Waals surface area contributed by atoms with Crippen LogP contribution in [0.25, 0.3) is 0 Å². The molecule has 2 rings (SSSR count). The average Bonchev–Trinajstić information content (AvgIpc) is 2.56. The van der Waals surface area contributed by atoms with E-state index in [2.05, 4.69) is 55.5 Å². The molecule has 0 saturated carbocycles. The van der Waals surface area contributed by atoms with Crippen molar-refractivity contribution in [3.63, 3.8) is 0 Å². The van der Waals surface area contributed by atoms with E-state index in [0.29, 0.717) is 13.2 Å². The number of unbranched alkanes of at least 4 members (excludes halogenated alkanes) is 1. The molecule has 0 aromatic heterocycles. The minimum absolute atomic E-state index is 0.695. The van der Waals surface area contributed by atoms with Gasteiger partial charge in [0.25, 0.3) is 0 Å². The maximum atomic E-state index is 6.14. The summed E-state index contributed by atoms with van der Waals surface area (Å²) in [7, 11) is 0. The zero-order valence-corrected chi connectivity index (χ0v) is 16.0. The van der Waals surface area contributed by atoms with Crippen LogP contribution in [-0.2, 0) is 19.4 Å². The van der Waals surface area contributed by atoms with Crippen LogP contribution in [0, 0.1) is 0 Å².